The zero-order valence-corrected chi connectivity index (χ0v) is 14.3. The first-order valence-electron chi connectivity index (χ1n) is 7.95. The molecule has 0 N–H and O–H groups in total. The van der Waals surface area contributed by atoms with Crippen LogP contribution in [0.25, 0.3) is 17.5 Å². The standard InChI is InChI=1S/C20H19ClN2O/c1-2-12-24-20(17-4-3-5-18(21)14-17)13-16-6-8-19(9-7-16)23-11-10-22-15-23/h3-11,13-15H,2,12H2,1H3/b20-13+. The molecule has 1 heterocycles. The second-order valence-corrected chi connectivity index (χ2v) is 5.87. The van der Waals surface area contributed by atoms with Gasteiger partial charge >= 0.3 is 0 Å². The van der Waals surface area contributed by atoms with Crippen LogP contribution >= 0.6 is 11.6 Å². The highest BCUT2D eigenvalue weighted by Gasteiger charge is 2.05. The van der Waals surface area contributed by atoms with Gasteiger partial charge in [0.05, 0.1) is 12.9 Å². The topological polar surface area (TPSA) is 27.1 Å². The van der Waals surface area contributed by atoms with E-state index in [1.807, 2.05) is 41.1 Å². The van der Waals surface area contributed by atoms with Crippen LogP contribution in [0.3, 0.4) is 0 Å². The smallest absolute Gasteiger partial charge is 0.127 e. The molecule has 0 fully saturated rings. The van der Waals surface area contributed by atoms with E-state index in [4.69, 9.17) is 16.3 Å². The number of hydrogen-bond acceptors (Lipinski definition) is 2. The summed E-state index contributed by atoms with van der Waals surface area (Å²) in [6.07, 6.45) is 8.47. The van der Waals surface area contributed by atoms with E-state index in [1.165, 1.54) is 0 Å². The molecular weight excluding hydrogens is 320 g/mol. The molecule has 0 amide bonds. The van der Waals surface area contributed by atoms with Crippen LogP contribution in [0.4, 0.5) is 0 Å². The summed E-state index contributed by atoms with van der Waals surface area (Å²) in [5, 5.41) is 0.703. The van der Waals surface area contributed by atoms with E-state index in [2.05, 4.69) is 36.2 Å². The van der Waals surface area contributed by atoms with E-state index >= 15 is 0 Å². The van der Waals surface area contributed by atoms with E-state index in [0.717, 1.165) is 29.0 Å². The molecule has 3 nitrogen and oxygen atoms in total. The number of hydrogen-bond donors (Lipinski definition) is 0. The fourth-order valence-electron chi connectivity index (χ4n) is 2.37. The lowest BCUT2D eigenvalue weighted by molar-refractivity contribution is 0.279. The van der Waals surface area contributed by atoms with Gasteiger partial charge < -0.3 is 9.30 Å². The average molecular weight is 339 g/mol. The van der Waals surface area contributed by atoms with Crippen molar-refractivity contribution in [3.8, 4) is 5.69 Å². The number of imidazole rings is 1. The zero-order valence-electron chi connectivity index (χ0n) is 13.5. The fraction of sp³-hybridized carbons (Fsp3) is 0.150. The van der Waals surface area contributed by atoms with Gasteiger partial charge in [0.2, 0.25) is 0 Å². The molecule has 3 aromatic rings. The first-order valence-corrected chi connectivity index (χ1v) is 8.33. The molecule has 4 heteroatoms. The quantitative estimate of drug-likeness (QED) is 0.441. The van der Waals surface area contributed by atoms with Crippen molar-refractivity contribution in [2.45, 2.75) is 13.3 Å². The molecule has 24 heavy (non-hydrogen) atoms. The molecular formula is C20H19ClN2O. The van der Waals surface area contributed by atoms with Crippen LogP contribution in [-0.2, 0) is 4.74 Å². The summed E-state index contributed by atoms with van der Waals surface area (Å²) in [4.78, 5) is 4.07. The molecule has 0 saturated heterocycles. The Bertz CT molecular complexity index is 808. The van der Waals surface area contributed by atoms with Crippen molar-refractivity contribution < 1.29 is 4.74 Å². The maximum atomic E-state index is 6.11. The molecule has 122 valence electrons. The number of aromatic nitrogens is 2. The van der Waals surface area contributed by atoms with Gasteiger partial charge in [0.25, 0.3) is 0 Å². The van der Waals surface area contributed by atoms with E-state index in [9.17, 15) is 0 Å². The van der Waals surface area contributed by atoms with Crippen LogP contribution in [0.5, 0.6) is 0 Å². The summed E-state index contributed by atoms with van der Waals surface area (Å²) in [7, 11) is 0. The molecule has 0 saturated carbocycles. The fourth-order valence-corrected chi connectivity index (χ4v) is 2.56. The molecule has 0 unspecified atom stereocenters. The van der Waals surface area contributed by atoms with Crippen molar-refractivity contribution in [3.05, 3.63) is 83.4 Å². The van der Waals surface area contributed by atoms with Gasteiger partial charge in [-0.3, -0.25) is 0 Å². The summed E-state index contributed by atoms with van der Waals surface area (Å²) >= 11 is 6.11. The molecule has 0 aliphatic rings. The van der Waals surface area contributed by atoms with Crippen LogP contribution in [0.15, 0.2) is 67.3 Å². The Balaban J connectivity index is 1.89. The second kappa shape index (κ2) is 7.84. The van der Waals surface area contributed by atoms with Gasteiger partial charge in [-0.1, -0.05) is 42.8 Å². The van der Waals surface area contributed by atoms with E-state index < -0.39 is 0 Å². The lowest BCUT2D eigenvalue weighted by atomic mass is 10.1. The lowest BCUT2D eigenvalue weighted by Gasteiger charge is -2.11. The van der Waals surface area contributed by atoms with Gasteiger partial charge in [0, 0.05) is 28.7 Å². The van der Waals surface area contributed by atoms with Gasteiger partial charge in [-0.05, 0) is 42.3 Å². The van der Waals surface area contributed by atoms with Gasteiger partial charge in [-0.15, -0.1) is 0 Å². The first kappa shape index (κ1) is 16.3. The minimum absolute atomic E-state index is 0.672. The van der Waals surface area contributed by atoms with Gasteiger partial charge in [0.15, 0.2) is 0 Å². The Morgan fingerprint density at radius 3 is 2.71 bits per heavy atom. The SMILES string of the molecule is CCCO/C(=C/c1ccc(-n2ccnc2)cc1)c1cccc(Cl)c1. The third kappa shape index (κ3) is 4.06. The highest BCUT2D eigenvalue weighted by Crippen LogP contribution is 2.23. The van der Waals surface area contributed by atoms with E-state index in [1.54, 1.807) is 12.5 Å². The number of benzene rings is 2. The Morgan fingerprint density at radius 1 is 1.21 bits per heavy atom. The van der Waals surface area contributed by atoms with Crippen LogP contribution < -0.4 is 0 Å². The zero-order chi connectivity index (χ0) is 16.8. The highest BCUT2D eigenvalue weighted by molar-refractivity contribution is 6.30. The normalized spacial score (nSPS) is 11.5. The van der Waals surface area contributed by atoms with E-state index in [-0.39, 0.29) is 0 Å². The van der Waals surface area contributed by atoms with Crippen molar-refractivity contribution in [2.75, 3.05) is 6.61 Å². The predicted octanol–water partition coefficient (Wildman–Crippen LogP) is 5.45. The van der Waals surface area contributed by atoms with Crippen molar-refractivity contribution in [1.82, 2.24) is 9.55 Å². The number of halogens is 1. The van der Waals surface area contributed by atoms with Gasteiger partial charge in [0.1, 0.15) is 5.76 Å². The maximum Gasteiger partial charge on any atom is 0.127 e. The summed E-state index contributed by atoms with van der Waals surface area (Å²) < 4.78 is 7.90. The summed E-state index contributed by atoms with van der Waals surface area (Å²) in [5.74, 6) is 0.828. The van der Waals surface area contributed by atoms with Crippen molar-refractivity contribution in [2.24, 2.45) is 0 Å². The third-order valence-electron chi connectivity index (χ3n) is 3.56. The molecule has 0 bridgehead atoms. The molecule has 0 radical (unpaired) electrons. The lowest BCUT2D eigenvalue weighted by Crippen LogP contribution is -1.94. The molecule has 2 aromatic carbocycles. The minimum atomic E-state index is 0.672. The van der Waals surface area contributed by atoms with E-state index in [0.29, 0.717) is 11.6 Å². The molecule has 0 aliphatic heterocycles. The first-order chi connectivity index (χ1) is 11.8. The largest absolute Gasteiger partial charge is 0.493 e. The number of rotatable bonds is 6. The van der Waals surface area contributed by atoms with Crippen LogP contribution in [0.2, 0.25) is 5.02 Å². The Morgan fingerprint density at radius 2 is 2.04 bits per heavy atom. The van der Waals surface area contributed by atoms with Crippen molar-refractivity contribution in [1.29, 1.82) is 0 Å². The maximum absolute atomic E-state index is 6.11. The van der Waals surface area contributed by atoms with Gasteiger partial charge in [-0.2, -0.15) is 0 Å². The molecule has 0 aliphatic carbocycles. The number of nitrogens with zero attached hydrogens (tertiary/aromatic N) is 2. The summed E-state index contributed by atoms with van der Waals surface area (Å²) in [5.41, 5.74) is 3.13. The predicted molar refractivity (Wildman–Crippen MR) is 99.1 cm³/mol. The average Bonchev–Trinajstić information content (AvgIpc) is 3.14. The second-order valence-electron chi connectivity index (χ2n) is 5.43. The highest BCUT2D eigenvalue weighted by atomic mass is 35.5. The molecule has 0 spiro atoms. The third-order valence-corrected chi connectivity index (χ3v) is 3.80. The van der Waals surface area contributed by atoms with Crippen LogP contribution in [-0.4, -0.2) is 16.2 Å². The Kier molecular flexibility index (Phi) is 5.34. The summed E-state index contributed by atoms with van der Waals surface area (Å²) in [6, 6.07) is 16.0. The molecule has 0 atom stereocenters. The van der Waals surface area contributed by atoms with Crippen LogP contribution in [0, 0.1) is 0 Å². The van der Waals surface area contributed by atoms with Crippen LogP contribution in [0.1, 0.15) is 24.5 Å². The molecule has 3 rings (SSSR count). The summed E-state index contributed by atoms with van der Waals surface area (Å²) in [6.45, 7) is 2.76. The van der Waals surface area contributed by atoms with Crippen molar-refractivity contribution >= 4 is 23.4 Å². The minimum Gasteiger partial charge on any atom is -0.493 e. The Hall–Kier alpha value is -2.52. The molecule has 1 aromatic heterocycles. The Labute approximate surface area is 147 Å². The number of ether oxygens (including phenoxy) is 1. The van der Waals surface area contributed by atoms with Crippen molar-refractivity contribution in [3.63, 3.8) is 0 Å². The monoisotopic (exact) mass is 338 g/mol. The van der Waals surface area contributed by atoms with Gasteiger partial charge in [-0.25, -0.2) is 4.98 Å².